The maximum Gasteiger partial charge on any atom is 0.206 e. The van der Waals surface area contributed by atoms with E-state index in [-0.39, 0.29) is 5.78 Å². The van der Waals surface area contributed by atoms with Crippen molar-refractivity contribution in [3.05, 3.63) is 46.4 Å². The van der Waals surface area contributed by atoms with Gasteiger partial charge in [-0.2, -0.15) is 0 Å². The van der Waals surface area contributed by atoms with Gasteiger partial charge in [0.2, 0.25) is 5.78 Å². The van der Waals surface area contributed by atoms with E-state index in [1.54, 1.807) is 43.3 Å². The van der Waals surface area contributed by atoms with Crippen molar-refractivity contribution in [2.45, 2.75) is 13.0 Å². The lowest BCUT2D eigenvalue weighted by Gasteiger charge is -2.17. The first-order valence-corrected chi connectivity index (χ1v) is 7.74. The molecule has 122 valence electrons. The van der Waals surface area contributed by atoms with E-state index < -0.39 is 6.10 Å². The number of rotatable bonds is 6. The number of methoxy groups -OCH3 is 2. The van der Waals surface area contributed by atoms with Crippen LogP contribution in [0.1, 0.15) is 17.3 Å². The monoisotopic (exact) mass is 379 g/mol. The second-order valence-electron chi connectivity index (χ2n) is 4.85. The smallest absolute Gasteiger partial charge is 0.206 e. The summed E-state index contributed by atoms with van der Waals surface area (Å²) in [4.78, 5) is 12.7. The molecule has 5 nitrogen and oxygen atoms in total. The number of halogens is 1. The summed E-state index contributed by atoms with van der Waals surface area (Å²) in [6, 6.07) is 10.4. The van der Waals surface area contributed by atoms with Crippen LogP contribution in [0.15, 0.2) is 40.9 Å². The second kappa shape index (κ2) is 7.37. The molecule has 0 aromatic heterocycles. The van der Waals surface area contributed by atoms with Crippen LogP contribution in [-0.2, 0) is 0 Å². The Morgan fingerprint density at radius 2 is 1.74 bits per heavy atom. The lowest BCUT2D eigenvalue weighted by atomic mass is 10.1. The second-order valence-corrected chi connectivity index (χ2v) is 5.70. The van der Waals surface area contributed by atoms with E-state index in [1.165, 1.54) is 14.2 Å². The molecule has 0 bridgehead atoms. The average Bonchev–Trinajstić information content (AvgIpc) is 2.55. The van der Waals surface area contributed by atoms with Gasteiger partial charge in [-0.05, 0) is 47.1 Å². The Hall–Kier alpha value is -2.21. The molecule has 0 aliphatic rings. The minimum atomic E-state index is -0.723. The van der Waals surface area contributed by atoms with E-state index >= 15 is 0 Å². The summed E-state index contributed by atoms with van der Waals surface area (Å²) in [6.07, 6.45) is -0.723. The van der Waals surface area contributed by atoms with Crippen molar-refractivity contribution >= 4 is 27.4 Å². The molecule has 2 aromatic rings. The van der Waals surface area contributed by atoms with E-state index in [9.17, 15) is 4.79 Å². The number of hydrogen-bond donors (Lipinski definition) is 1. The standard InChI is InChI=1S/C17H18BrNO4/c1-10(23-14-7-5-4-6-13(14)19)17(20)11-8-16(22-3)12(18)9-15(11)21-2/h4-10H,19H2,1-3H3. The minimum absolute atomic E-state index is 0.226. The summed E-state index contributed by atoms with van der Waals surface area (Å²) < 4.78 is 16.9. The third-order valence-electron chi connectivity index (χ3n) is 3.33. The quantitative estimate of drug-likeness (QED) is 0.611. The molecule has 1 atom stereocenters. The number of nitrogen functional groups attached to an aromatic ring is 1. The Kier molecular flexibility index (Phi) is 5.50. The molecule has 0 aliphatic carbocycles. The Bertz CT molecular complexity index is 718. The first-order valence-electron chi connectivity index (χ1n) is 6.94. The highest BCUT2D eigenvalue weighted by atomic mass is 79.9. The summed E-state index contributed by atoms with van der Waals surface area (Å²) >= 11 is 3.37. The largest absolute Gasteiger partial charge is 0.496 e. The van der Waals surface area contributed by atoms with Crippen molar-refractivity contribution in [1.29, 1.82) is 0 Å². The van der Waals surface area contributed by atoms with Crippen LogP contribution in [0.25, 0.3) is 0 Å². The predicted octanol–water partition coefficient (Wildman–Crippen LogP) is 3.70. The molecule has 0 amide bonds. The third-order valence-corrected chi connectivity index (χ3v) is 3.95. The van der Waals surface area contributed by atoms with Gasteiger partial charge in [0.25, 0.3) is 0 Å². The van der Waals surface area contributed by atoms with E-state index in [2.05, 4.69) is 15.9 Å². The van der Waals surface area contributed by atoms with E-state index in [1.807, 2.05) is 0 Å². The molecular weight excluding hydrogens is 362 g/mol. The molecule has 0 fully saturated rings. The van der Waals surface area contributed by atoms with Gasteiger partial charge in [-0.15, -0.1) is 0 Å². The molecule has 0 radical (unpaired) electrons. The number of para-hydroxylation sites is 2. The number of ketones is 1. The summed E-state index contributed by atoms with van der Waals surface area (Å²) in [7, 11) is 3.04. The highest BCUT2D eigenvalue weighted by Crippen LogP contribution is 2.34. The van der Waals surface area contributed by atoms with Crippen LogP contribution >= 0.6 is 15.9 Å². The van der Waals surface area contributed by atoms with Gasteiger partial charge in [-0.1, -0.05) is 12.1 Å². The summed E-state index contributed by atoms with van der Waals surface area (Å²) in [5.74, 6) is 1.23. The molecule has 2 N–H and O–H groups in total. The number of Topliss-reactive ketones (excluding diaryl/α,β-unsaturated/α-hetero) is 1. The van der Waals surface area contributed by atoms with Gasteiger partial charge >= 0.3 is 0 Å². The SMILES string of the molecule is COc1cc(C(=O)C(C)Oc2ccccc2N)c(OC)cc1Br. The number of ether oxygens (including phenoxy) is 3. The highest BCUT2D eigenvalue weighted by Gasteiger charge is 2.23. The van der Waals surface area contributed by atoms with E-state index in [0.717, 1.165) is 0 Å². The van der Waals surface area contributed by atoms with E-state index in [0.29, 0.717) is 33.0 Å². The zero-order valence-corrected chi connectivity index (χ0v) is 14.7. The summed E-state index contributed by atoms with van der Waals surface area (Å²) in [5.41, 5.74) is 6.71. The fourth-order valence-corrected chi connectivity index (χ4v) is 2.59. The number of hydrogen-bond acceptors (Lipinski definition) is 5. The Labute approximate surface area is 143 Å². The van der Waals surface area contributed by atoms with Crippen LogP contribution in [0.2, 0.25) is 0 Å². The highest BCUT2D eigenvalue weighted by molar-refractivity contribution is 9.10. The molecule has 23 heavy (non-hydrogen) atoms. The number of nitrogens with two attached hydrogens (primary N) is 1. The number of carbonyl (C=O) groups is 1. The molecular formula is C17H18BrNO4. The molecule has 2 rings (SSSR count). The topological polar surface area (TPSA) is 70.8 Å². The fourth-order valence-electron chi connectivity index (χ4n) is 2.10. The molecule has 0 saturated heterocycles. The van der Waals surface area contributed by atoms with Crippen LogP contribution in [-0.4, -0.2) is 26.1 Å². The van der Waals surface area contributed by atoms with Gasteiger partial charge in [0, 0.05) is 0 Å². The molecule has 0 spiro atoms. The van der Waals surface area contributed by atoms with Crippen LogP contribution in [0.3, 0.4) is 0 Å². The first kappa shape index (κ1) is 17.1. The molecule has 0 aliphatic heterocycles. The van der Waals surface area contributed by atoms with E-state index in [4.69, 9.17) is 19.9 Å². The lowest BCUT2D eigenvalue weighted by Crippen LogP contribution is -2.25. The third kappa shape index (κ3) is 3.76. The molecule has 1 unspecified atom stereocenters. The maximum absolute atomic E-state index is 12.7. The predicted molar refractivity (Wildman–Crippen MR) is 92.5 cm³/mol. The maximum atomic E-state index is 12.7. The number of carbonyl (C=O) groups excluding carboxylic acids is 1. The van der Waals surface area contributed by atoms with Crippen LogP contribution in [0.5, 0.6) is 17.2 Å². The summed E-state index contributed by atoms with van der Waals surface area (Å²) in [6.45, 7) is 1.67. The van der Waals surface area contributed by atoms with Gasteiger partial charge in [0.1, 0.15) is 17.2 Å². The van der Waals surface area contributed by atoms with Gasteiger partial charge in [0.15, 0.2) is 6.10 Å². The minimum Gasteiger partial charge on any atom is -0.496 e. The lowest BCUT2D eigenvalue weighted by molar-refractivity contribution is 0.0815. The van der Waals surface area contributed by atoms with Crippen molar-refractivity contribution < 1.29 is 19.0 Å². The normalized spacial score (nSPS) is 11.7. The first-order chi connectivity index (χ1) is 11.0. The molecule has 0 heterocycles. The van der Waals surface area contributed by atoms with Crippen molar-refractivity contribution in [2.75, 3.05) is 20.0 Å². The Morgan fingerprint density at radius 1 is 1.09 bits per heavy atom. The van der Waals surface area contributed by atoms with Gasteiger partial charge in [-0.3, -0.25) is 4.79 Å². The summed E-state index contributed by atoms with van der Waals surface area (Å²) in [5, 5.41) is 0. The van der Waals surface area contributed by atoms with Gasteiger partial charge in [0.05, 0.1) is 29.9 Å². The van der Waals surface area contributed by atoms with Crippen LogP contribution < -0.4 is 19.9 Å². The van der Waals surface area contributed by atoms with Crippen molar-refractivity contribution in [2.24, 2.45) is 0 Å². The van der Waals surface area contributed by atoms with Gasteiger partial charge in [-0.25, -0.2) is 0 Å². The van der Waals surface area contributed by atoms with Crippen molar-refractivity contribution in [3.63, 3.8) is 0 Å². The fraction of sp³-hybridized carbons (Fsp3) is 0.235. The van der Waals surface area contributed by atoms with Crippen LogP contribution in [0, 0.1) is 0 Å². The molecule has 2 aromatic carbocycles. The van der Waals surface area contributed by atoms with Crippen molar-refractivity contribution in [3.8, 4) is 17.2 Å². The zero-order chi connectivity index (χ0) is 17.0. The molecule has 0 saturated carbocycles. The average molecular weight is 380 g/mol. The Morgan fingerprint density at radius 3 is 2.35 bits per heavy atom. The van der Waals surface area contributed by atoms with Gasteiger partial charge < -0.3 is 19.9 Å². The molecule has 6 heteroatoms. The van der Waals surface area contributed by atoms with Crippen molar-refractivity contribution in [1.82, 2.24) is 0 Å². The van der Waals surface area contributed by atoms with Crippen LogP contribution in [0.4, 0.5) is 5.69 Å². The number of anilines is 1. The zero-order valence-electron chi connectivity index (χ0n) is 13.1. The number of benzene rings is 2. The Balaban J connectivity index is 2.30.